The molecule has 0 bridgehead atoms. The standard InChI is InChI=1S/C34H31ClF3NO5/c1-20(2)44-30-19-28-22(17-29(30)43-4)18-31(40)39(32(28)21-5-11-25(35)12-6-21)26-13-7-23(8-14-26)33(41,34(36,37)38)24-9-15-27(42-3)16-10-24/h5-17,19-20,32,41H,18H2,1-4H3/t32-,33?/m0/s1. The van der Waals surface area contributed by atoms with Crippen molar-refractivity contribution in [2.45, 2.75) is 44.2 Å². The monoisotopic (exact) mass is 625 g/mol. The molecule has 2 atom stereocenters. The Bertz CT molecular complexity index is 1640. The van der Waals surface area contributed by atoms with Crippen LogP contribution in [0.2, 0.25) is 5.02 Å². The number of hydrogen-bond acceptors (Lipinski definition) is 5. The number of ether oxygens (including phenoxy) is 3. The highest BCUT2D eigenvalue weighted by Crippen LogP contribution is 2.47. The zero-order valence-electron chi connectivity index (χ0n) is 24.5. The molecule has 0 fully saturated rings. The van der Waals surface area contributed by atoms with E-state index >= 15 is 0 Å². The largest absolute Gasteiger partial charge is 0.497 e. The summed E-state index contributed by atoms with van der Waals surface area (Å²) < 4.78 is 60.0. The number of carbonyl (C=O) groups excluding carboxylic acids is 1. The van der Waals surface area contributed by atoms with E-state index in [0.29, 0.717) is 28.0 Å². The number of carbonyl (C=O) groups is 1. The van der Waals surface area contributed by atoms with E-state index in [0.717, 1.165) is 16.7 Å². The molecule has 6 nitrogen and oxygen atoms in total. The topological polar surface area (TPSA) is 68.2 Å². The van der Waals surface area contributed by atoms with Crippen LogP contribution in [-0.4, -0.2) is 37.5 Å². The Morgan fingerprint density at radius 2 is 1.45 bits per heavy atom. The quantitative estimate of drug-likeness (QED) is 0.218. The first-order chi connectivity index (χ1) is 20.9. The van der Waals surface area contributed by atoms with Crippen molar-refractivity contribution in [1.82, 2.24) is 0 Å². The second-order valence-electron chi connectivity index (χ2n) is 10.7. The van der Waals surface area contributed by atoms with Gasteiger partial charge >= 0.3 is 6.18 Å². The number of methoxy groups -OCH3 is 2. The molecule has 44 heavy (non-hydrogen) atoms. The molecule has 0 saturated carbocycles. The van der Waals surface area contributed by atoms with Crippen molar-refractivity contribution in [2.24, 2.45) is 0 Å². The number of amides is 1. The van der Waals surface area contributed by atoms with Crippen molar-refractivity contribution < 1.29 is 37.3 Å². The molecule has 0 saturated heterocycles. The number of halogens is 4. The average molecular weight is 626 g/mol. The summed E-state index contributed by atoms with van der Waals surface area (Å²) >= 11 is 6.18. The second-order valence-corrected chi connectivity index (χ2v) is 11.2. The molecule has 0 radical (unpaired) electrons. The van der Waals surface area contributed by atoms with Crippen molar-refractivity contribution in [2.75, 3.05) is 19.1 Å². The summed E-state index contributed by atoms with van der Waals surface area (Å²) in [5.74, 6) is 1.07. The Hall–Kier alpha value is -4.21. The molecule has 1 amide bonds. The van der Waals surface area contributed by atoms with Gasteiger partial charge in [0, 0.05) is 10.7 Å². The maximum Gasteiger partial charge on any atom is 0.425 e. The molecular formula is C34H31ClF3NO5. The van der Waals surface area contributed by atoms with E-state index in [4.69, 9.17) is 25.8 Å². The van der Waals surface area contributed by atoms with Gasteiger partial charge in [0.25, 0.3) is 0 Å². The summed E-state index contributed by atoms with van der Waals surface area (Å²) in [6, 6.07) is 20.3. The maximum absolute atomic E-state index is 14.5. The van der Waals surface area contributed by atoms with E-state index in [1.54, 1.807) is 35.2 Å². The molecule has 5 rings (SSSR count). The fourth-order valence-corrected chi connectivity index (χ4v) is 5.64. The molecule has 4 aromatic rings. The fourth-order valence-electron chi connectivity index (χ4n) is 5.52. The molecule has 1 aliphatic heterocycles. The van der Waals surface area contributed by atoms with Crippen molar-refractivity contribution in [3.8, 4) is 17.2 Å². The molecule has 1 unspecified atom stereocenters. The Balaban J connectivity index is 1.63. The van der Waals surface area contributed by atoms with E-state index in [-0.39, 0.29) is 24.0 Å². The Kier molecular flexibility index (Phi) is 8.55. The van der Waals surface area contributed by atoms with Crippen molar-refractivity contribution in [3.63, 3.8) is 0 Å². The Labute approximate surface area is 258 Å². The summed E-state index contributed by atoms with van der Waals surface area (Å²) in [7, 11) is 2.92. The Morgan fingerprint density at radius 1 is 0.864 bits per heavy atom. The third-order valence-electron chi connectivity index (χ3n) is 7.62. The van der Waals surface area contributed by atoms with Crippen LogP contribution in [0.15, 0.2) is 84.9 Å². The highest BCUT2D eigenvalue weighted by Gasteiger charge is 2.56. The predicted octanol–water partition coefficient (Wildman–Crippen LogP) is 7.62. The van der Waals surface area contributed by atoms with Gasteiger partial charge < -0.3 is 24.2 Å². The van der Waals surface area contributed by atoms with Crippen molar-refractivity contribution in [1.29, 1.82) is 0 Å². The van der Waals surface area contributed by atoms with Crippen LogP contribution in [0.5, 0.6) is 17.2 Å². The van der Waals surface area contributed by atoms with Crippen LogP contribution in [0, 0.1) is 0 Å². The molecule has 1 N–H and O–H groups in total. The maximum atomic E-state index is 14.5. The lowest BCUT2D eigenvalue weighted by Crippen LogP contribution is -2.43. The van der Waals surface area contributed by atoms with Gasteiger partial charge in [0.05, 0.1) is 32.8 Å². The minimum absolute atomic E-state index is 0.0256. The SMILES string of the molecule is COc1ccc(C(O)(c2ccc(N3C(=O)Cc4cc(OC)c(OC(C)C)cc4[C@@H]3c3ccc(Cl)cc3)cc2)C(F)(F)F)cc1. The zero-order chi connectivity index (χ0) is 31.8. The molecule has 0 aromatic heterocycles. The first-order valence-electron chi connectivity index (χ1n) is 13.9. The number of hydrogen-bond donors (Lipinski definition) is 1. The smallest absolute Gasteiger partial charge is 0.425 e. The van der Waals surface area contributed by atoms with E-state index in [1.165, 1.54) is 62.8 Å². The first-order valence-corrected chi connectivity index (χ1v) is 14.2. The van der Waals surface area contributed by atoms with Gasteiger partial charge in [-0.3, -0.25) is 4.79 Å². The van der Waals surface area contributed by atoms with Crippen LogP contribution < -0.4 is 19.1 Å². The summed E-state index contributed by atoms with van der Waals surface area (Å²) in [5.41, 5.74) is -1.47. The second kappa shape index (κ2) is 12.1. The van der Waals surface area contributed by atoms with Crippen LogP contribution >= 0.6 is 11.6 Å². The number of nitrogens with zero attached hydrogens (tertiary/aromatic N) is 1. The number of anilines is 1. The van der Waals surface area contributed by atoms with Crippen molar-refractivity contribution >= 4 is 23.2 Å². The molecule has 0 aliphatic carbocycles. The van der Waals surface area contributed by atoms with Crippen LogP contribution in [0.25, 0.3) is 0 Å². The summed E-state index contributed by atoms with van der Waals surface area (Å²) in [6.07, 6.45) is -5.17. The molecule has 1 heterocycles. The van der Waals surface area contributed by atoms with E-state index in [9.17, 15) is 23.1 Å². The predicted molar refractivity (Wildman–Crippen MR) is 162 cm³/mol. The molecule has 1 aliphatic rings. The molecule has 10 heteroatoms. The first kappa shape index (κ1) is 31.2. The van der Waals surface area contributed by atoms with Crippen molar-refractivity contribution in [3.05, 3.63) is 118 Å². The number of aliphatic hydroxyl groups is 1. The van der Waals surface area contributed by atoms with Gasteiger partial charge in [0.15, 0.2) is 11.5 Å². The fraction of sp³-hybridized carbons (Fsp3) is 0.265. The highest BCUT2D eigenvalue weighted by atomic mass is 35.5. The van der Waals surface area contributed by atoms with E-state index < -0.39 is 23.4 Å². The lowest BCUT2D eigenvalue weighted by molar-refractivity contribution is -0.248. The van der Waals surface area contributed by atoms with Gasteiger partial charge in [-0.25, -0.2) is 0 Å². The molecule has 0 spiro atoms. The summed E-state index contributed by atoms with van der Waals surface area (Å²) in [6.45, 7) is 3.78. The van der Waals surface area contributed by atoms with Crippen LogP contribution in [0.3, 0.4) is 0 Å². The lowest BCUT2D eigenvalue weighted by Gasteiger charge is -2.38. The van der Waals surface area contributed by atoms with Crippen LogP contribution in [0.1, 0.15) is 47.7 Å². The highest BCUT2D eigenvalue weighted by molar-refractivity contribution is 6.30. The molecule has 4 aromatic carbocycles. The number of rotatable bonds is 8. The average Bonchev–Trinajstić information content (AvgIpc) is 3.00. The third kappa shape index (κ3) is 5.69. The van der Waals surface area contributed by atoms with Gasteiger partial charge in [0.1, 0.15) is 5.75 Å². The van der Waals surface area contributed by atoms with Gasteiger partial charge in [0.2, 0.25) is 11.5 Å². The van der Waals surface area contributed by atoms with Gasteiger partial charge in [-0.05, 0) is 90.2 Å². The zero-order valence-corrected chi connectivity index (χ0v) is 25.2. The summed E-state index contributed by atoms with van der Waals surface area (Å²) in [4.78, 5) is 15.3. The summed E-state index contributed by atoms with van der Waals surface area (Å²) in [5, 5.41) is 11.7. The molecular weight excluding hydrogens is 595 g/mol. The van der Waals surface area contributed by atoms with Crippen LogP contribution in [-0.2, 0) is 16.8 Å². The minimum Gasteiger partial charge on any atom is -0.497 e. The third-order valence-corrected chi connectivity index (χ3v) is 7.87. The van der Waals surface area contributed by atoms with Gasteiger partial charge in [-0.15, -0.1) is 0 Å². The number of benzene rings is 4. The minimum atomic E-state index is -5.04. The van der Waals surface area contributed by atoms with Gasteiger partial charge in [-0.1, -0.05) is 48.0 Å². The number of fused-ring (bicyclic) bond motifs is 1. The van der Waals surface area contributed by atoms with Crippen LogP contribution in [0.4, 0.5) is 18.9 Å². The van der Waals surface area contributed by atoms with Gasteiger partial charge in [-0.2, -0.15) is 13.2 Å². The number of alkyl halides is 3. The normalized spacial score (nSPS) is 16.4. The molecule has 230 valence electrons. The van der Waals surface area contributed by atoms with E-state index in [1.807, 2.05) is 19.9 Å². The van der Waals surface area contributed by atoms with E-state index in [2.05, 4.69) is 0 Å². The Morgan fingerprint density at radius 3 is 1.98 bits per heavy atom. The lowest BCUT2D eigenvalue weighted by atomic mass is 9.84.